The zero-order chi connectivity index (χ0) is 25.2. The van der Waals surface area contributed by atoms with Crippen molar-refractivity contribution in [1.82, 2.24) is 0 Å². The monoisotopic (exact) mass is 500 g/mol. The molecule has 176 valence electrons. The lowest BCUT2D eigenvalue weighted by atomic mass is 10.1. The van der Waals surface area contributed by atoms with Crippen molar-refractivity contribution < 1.29 is 14.4 Å². The summed E-state index contributed by atoms with van der Waals surface area (Å²) in [6.45, 7) is 3.88. The fourth-order valence-electron chi connectivity index (χ4n) is 3.00. The van der Waals surface area contributed by atoms with E-state index in [1.54, 1.807) is 48.5 Å². The predicted molar refractivity (Wildman–Crippen MR) is 144 cm³/mol. The highest BCUT2D eigenvalue weighted by molar-refractivity contribution is 8.22. The van der Waals surface area contributed by atoms with E-state index < -0.39 is 5.91 Å². The second-order valence-corrected chi connectivity index (χ2v) is 9.98. The van der Waals surface area contributed by atoms with Crippen LogP contribution in [0.15, 0.2) is 88.7 Å². The summed E-state index contributed by atoms with van der Waals surface area (Å²) in [5.74, 6) is -0.765. The number of hydrogen-bond donors (Lipinski definition) is 1. The van der Waals surface area contributed by atoms with Crippen LogP contribution in [0.3, 0.4) is 0 Å². The molecule has 0 radical (unpaired) electrons. The van der Waals surface area contributed by atoms with Crippen molar-refractivity contribution in [3.63, 3.8) is 0 Å². The molecule has 5 nitrogen and oxygen atoms in total. The number of thioether (sulfide) groups is 2. The molecule has 0 fully saturated rings. The first-order valence-electron chi connectivity index (χ1n) is 10.8. The molecule has 0 saturated heterocycles. The van der Waals surface area contributed by atoms with Crippen molar-refractivity contribution in [2.75, 3.05) is 16.8 Å². The number of Topliss-reactive ketones (excluding diaryl/α,β-unsaturated/α-hetero) is 2. The number of aryl methyl sites for hydroxylation is 2. The smallest absolute Gasteiger partial charge is 0.268 e. The Labute approximate surface area is 213 Å². The molecule has 0 bridgehead atoms. The molecule has 0 aromatic heterocycles. The van der Waals surface area contributed by atoms with Crippen LogP contribution < -0.4 is 5.32 Å². The summed E-state index contributed by atoms with van der Waals surface area (Å²) in [4.78, 5) is 38.3. The number of hydrogen-bond acceptors (Lipinski definition) is 6. The van der Waals surface area contributed by atoms with E-state index in [0.29, 0.717) is 21.1 Å². The molecule has 0 heterocycles. The molecule has 0 unspecified atom stereocenters. The van der Waals surface area contributed by atoms with Crippen LogP contribution in [0.4, 0.5) is 5.69 Å². The van der Waals surface area contributed by atoms with Gasteiger partial charge in [-0.1, -0.05) is 77.9 Å². The summed E-state index contributed by atoms with van der Waals surface area (Å²) in [5, 5.41) is 12.5. The number of para-hydroxylation sites is 1. The first-order valence-corrected chi connectivity index (χ1v) is 12.8. The maximum absolute atomic E-state index is 12.9. The zero-order valence-electron chi connectivity index (χ0n) is 19.4. The number of anilines is 1. The Hall–Kier alpha value is -3.60. The van der Waals surface area contributed by atoms with Gasteiger partial charge in [0.05, 0.1) is 15.7 Å². The van der Waals surface area contributed by atoms with Gasteiger partial charge in [-0.05, 0) is 26.0 Å². The number of nitrogens with zero attached hydrogens (tertiary/aromatic N) is 1. The van der Waals surface area contributed by atoms with Crippen LogP contribution in [0.5, 0.6) is 0 Å². The Morgan fingerprint density at radius 1 is 0.743 bits per heavy atom. The van der Waals surface area contributed by atoms with Gasteiger partial charge in [0, 0.05) is 16.8 Å². The molecule has 3 aromatic rings. The Morgan fingerprint density at radius 2 is 1.20 bits per heavy atom. The molecule has 7 heteroatoms. The first-order chi connectivity index (χ1) is 16.9. The molecule has 0 spiro atoms. The maximum Gasteiger partial charge on any atom is 0.268 e. The number of carbonyl (C=O) groups is 3. The number of nitriles is 1. The molecular weight excluding hydrogens is 476 g/mol. The molecule has 1 amide bonds. The highest BCUT2D eigenvalue weighted by atomic mass is 32.2. The lowest BCUT2D eigenvalue weighted by molar-refractivity contribution is -0.112. The number of benzene rings is 3. The van der Waals surface area contributed by atoms with Gasteiger partial charge >= 0.3 is 0 Å². The van der Waals surface area contributed by atoms with Gasteiger partial charge < -0.3 is 5.32 Å². The van der Waals surface area contributed by atoms with Crippen molar-refractivity contribution in [3.8, 4) is 6.07 Å². The van der Waals surface area contributed by atoms with E-state index in [1.165, 1.54) is 0 Å². The van der Waals surface area contributed by atoms with Crippen LogP contribution in [0.1, 0.15) is 31.8 Å². The summed E-state index contributed by atoms with van der Waals surface area (Å²) in [5.41, 5.74) is 3.61. The number of carbonyl (C=O) groups excluding carboxylic acids is 3. The molecule has 3 aromatic carbocycles. The molecule has 0 aliphatic carbocycles. The lowest BCUT2D eigenvalue weighted by Crippen LogP contribution is -2.15. The maximum atomic E-state index is 12.9. The van der Waals surface area contributed by atoms with Crippen molar-refractivity contribution in [2.45, 2.75) is 13.8 Å². The molecule has 0 saturated carbocycles. The largest absolute Gasteiger partial charge is 0.321 e. The van der Waals surface area contributed by atoms with Crippen LogP contribution in [-0.4, -0.2) is 29.0 Å². The summed E-state index contributed by atoms with van der Waals surface area (Å²) in [6, 6.07) is 25.2. The standard InChI is InChI=1S/C28H24N2O3S2/c1-19-8-12-21(13-9-19)25(31)17-34-28(35-18-26(32)22-14-10-20(2)11-15-22)24(16-29)27(33)30-23-6-4-3-5-7-23/h3-15H,17-18H2,1-2H3,(H,30,33). The van der Waals surface area contributed by atoms with Gasteiger partial charge in [-0.25, -0.2) is 0 Å². The average Bonchev–Trinajstić information content (AvgIpc) is 2.86. The number of nitrogens with one attached hydrogen (secondary N) is 1. The summed E-state index contributed by atoms with van der Waals surface area (Å²) in [6.07, 6.45) is 0. The second-order valence-electron chi connectivity index (χ2n) is 7.75. The van der Waals surface area contributed by atoms with Crippen molar-refractivity contribution in [3.05, 3.63) is 111 Å². The molecule has 1 N–H and O–H groups in total. The number of ketones is 2. The van der Waals surface area contributed by atoms with Crippen LogP contribution in [0.2, 0.25) is 0 Å². The van der Waals surface area contributed by atoms with Crippen LogP contribution in [0, 0.1) is 25.2 Å². The highest BCUT2D eigenvalue weighted by Crippen LogP contribution is 2.33. The Kier molecular flexibility index (Phi) is 9.47. The Morgan fingerprint density at radius 3 is 1.63 bits per heavy atom. The number of rotatable bonds is 10. The predicted octanol–water partition coefficient (Wildman–Crippen LogP) is 6.21. The van der Waals surface area contributed by atoms with Gasteiger partial charge in [-0.2, -0.15) is 5.26 Å². The average molecular weight is 501 g/mol. The SMILES string of the molecule is Cc1ccc(C(=O)CSC(SCC(=O)c2ccc(C)cc2)=C(C#N)C(=O)Nc2ccccc2)cc1. The fraction of sp³-hybridized carbons (Fsp3) is 0.143. The Bertz CT molecular complexity index is 1210. The van der Waals surface area contributed by atoms with Gasteiger partial charge in [0.25, 0.3) is 5.91 Å². The van der Waals surface area contributed by atoms with E-state index in [2.05, 4.69) is 5.32 Å². The van der Waals surface area contributed by atoms with Crippen molar-refractivity contribution in [1.29, 1.82) is 5.26 Å². The normalized spacial score (nSPS) is 10.2. The summed E-state index contributed by atoms with van der Waals surface area (Å²) < 4.78 is 0.335. The summed E-state index contributed by atoms with van der Waals surface area (Å²) in [7, 11) is 0. The van der Waals surface area contributed by atoms with E-state index in [1.807, 2.05) is 50.2 Å². The minimum atomic E-state index is -0.584. The fourth-order valence-corrected chi connectivity index (χ4v) is 5.11. The summed E-state index contributed by atoms with van der Waals surface area (Å²) >= 11 is 2.19. The molecular formula is C28H24N2O3S2. The van der Waals surface area contributed by atoms with Crippen molar-refractivity contribution in [2.24, 2.45) is 0 Å². The van der Waals surface area contributed by atoms with Gasteiger partial charge in [0.2, 0.25) is 0 Å². The van der Waals surface area contributed by atoms with E-state index in [4.69, 9.17) is 0 Å². The van der Waals surface area contributed by atoms with E-state index in [0.717, 1.165) is 34.7 Å². The minimum absolute atomic E-state index is 0.0356. The van der Waals surface area contributed by atoms with Crippen LogP contribution in [-0.2, 0) is 4.79 Å². The third kappa shape index (κ3) is 7.71. The minimum Gasteiger partial charge on any atom is -0.321 e. The molecule has 35 heavy (non-hydrogen) atoms. The lowest BCUT2D eigenvalue weighted by Gasteiger charge is -2.11. The van der Waals surface area contributed by atoms with Crippen LogP contribution in [0.25, 0.3) is 0 Å². The van der Waals surface area contributed by atoms with E-state index in [-0.39, 0.29) is 28.6 Å². The van der Waals surface area contributed by atoms with Crippen molar-refractivity contribution >= 4 is 46.7 Å². The van der Waals surface area contributed by atoms with Crippen LogP contribution >= 0.6 is 23.5 Å². The third-order valence-corrected chi connectivity index (χ3v) is 7.44. The molecule has 0 atom stereocenters. The highest BCUT2D eigenvalue weighted by Gasteiger charge is 2.20. The molecule has 3 rings (SSSR count). The van der Waals surface area contributed by atoms with Gasteiger partial charge in [0.15, 0.2) is 11.6 Å². The molecule has 0 aliphatic rings. The second kappa shape index (κ2) is 12.7. The quantitative estimate of drug-likeness (QED) is 0.202. The first kappa shape index (κ1) is 26.0. The van der Waals surface area contributed by atoms with Gasteiger partial charge in [0.1, 0.15) is 11.6 Å². The van der Waals surface area contributed by atoms with E-state index >= 15 is 0 Å². The van der Waals surface area contributed by atoms with Gasteiger partial charge in [-0.3, -0.25) is 14.4 Å². The van der Waals surface area contributed by atoms with E-state index in [9.17, 15) is 19.6 Å². The topological polar surface area (TPSA) is 87.0 Å². The zero-order valence-corrected chi connectivity index (χ0v) is 21.0. The number of amides is 1. The third-order valence-electron chi connectivity index (χ3n) is 4.99. The van der Waals surface area contributed by atoms with Gasteiger partial charge in [-0.15, -0.1) is 23.5 Å². The Balaban J connectivity index is 1.80. The molecule has 0 aliphatic heterocycles.